The van der Waals surface area contributed by atoms with Gasteiger partial charge in [0.2, 0.25) is 0 Å². The predicted molar refractivity (Wildman–Crippen MR) is 75.0 cm³/mol. The molecule has 2 nitrogen and oxygen atoms in total. The van der Waals surface area contributed by atoms with Gasteiger partial charge in [0.05, 0.1) is 0 Å². The van der Waals surface area contributed by atoms with Crippen LogP contribution >= 0.6 is 0 Å². The van der Waals surface area contributed by atoms with E-state index in [2.05, 4.69) is 42.8 Å². The van der Waals surface area contributed by atoms with Crippen LogP contribution in [0.15, 0.2) is 0 Å². The van der Waals surface area contributed by atoms with Crippen molar-refractivity contribution < 1.29 is 0 Å². The molecule has 98 valence electrons. The Bertz CT molecular complexity index is 264. The molecule has 0 amide bonds. The van der Waals surface area contributed by atoms with Gasteiger partial charge in [-0.25, -0.2) is 0 Å². The van der Waals surface area contributed by atoms with Crippen molar-refractivity contribution in [3.63, 3.8) is 0 Å². The van der Waals surface area contributed by atoms with Crippen molar-refractivity contribution in [2.75, 3.05) is 19.6 Å². The molecule has 0 aliphatic carbocycles. The lowest BCUT2D eigenvalue weighted by molar-refractivity contribution is 0.0872. The molecule has 1 aliphatic rings. The van der Waals surface area contributed by atoms with E-state index in [-0.39, 0.29) is 0 Å². The summed E-state index contributed by atoms with van der Waals surface area (Å²) in [5.41, 5.74) is 0. The Morgan fingerprint density at radius 3 is 2.76 bits per heavy atom. The Balaban J connectivity index is 2.40. The zero-order valence-corrected chi connectivity index (χ0v) is 11.9. The molecule has 1 aliphatic heterocycles. The van der Waals surface area contributed by atoms with Gasteiger partial charge < -0.3 is 5.32 Å². The van der Waals surface area contributed by atoms with E-state index in [1.54, 1.807) is 0 Å². The maximum Gasteiger partial charge on any atom is 0.0217 e. The molecule has 17 heavy (non-hydrogen) atoms. The number of hydrogen-bond donors (Lipinski definition) is 1. The van der Waals surface area contributed by atoms with Crippen LogP contribution in [0.1, 0.15) is 47.0 Å². The van der Waals surface area contributed by atoms with Crippen molar-refractivity contribution in [2.24, 2.45) is 5.92 Å². The monoisotopic (exact) mass is 236 g/mol. The van der Waals surface area contributed by atoms with E-state index in [0.29, 0.717) is 12.1 Å². The predicted octanol–water partition coefficient (Wildman–Crippen LogP) is 2.50. The first-order valence-corrected chi connectivity index (χ1v) is 7.07. The van der Waals surface area contributed by atoms with Crippen LogP contribution < -0.4 is 5.32 Å². The van der Waals surface area contributed by atoms with Crippen LogP contribution in [0.2, 0.25) is 0 Å². The third kappa shape index (κ3) is 4.33. The number of piperidine rings is 1. The highest BCUT2D eigenvalue weighted by Crippen LogP contribution is 2.23. The molecule has 1 saturated heterocycles. The molecule has 1 rings (SSSR count). The van der Waals surface area contributed by atoms with E-state index in [1.807, 2.05) is 6.92 Å². The summed E-state index contributed by atoms with van der Waals surface area (Å²) in [5.74, 6) is 6.89. The van der Waals surface area contributed by atoms with E-state index < -0.39 is 0 Å². The Hall–Kier alpha value is -0.520. The van der Waals surface area contributed by atoms with Crippen molar-refractivity contribution in [3.05, 3.63) is 0 Å². The highest BCUT2D eigenvalue weighted by atomic mass is 15.2. The lowest BCUT2D eigenvalue weighted by atomic mass is 9.87. The standard InChI is InChI=1S/C15H28N2/c1-5-7-8-11-17-12-9-15(16-10-6-2)13(3)14(17)4/h13-16H,6,8-12H2,1-4H3. The second-order valence-electron chi connectivity index (χ2n) is 5.16. The fourth-order valence-electron chi connectivity index (χ4n) is 2.70. The number of nitrogens with zero attached hydrogens (tertiary/aromatic N) is 1. The summed E-state index contributed by atoms with van der Waals surface area (Å²) in [6.07, 6.45) is 3.53. The molecular weight excluding hydrogens is 208 g/mol. The number of hydrogen-bond acceptors (Lipinski definition) is 2. The minimum absolute atomic E-state index is 0.678. The molecule has 3 unspecified atom stereocenters. The normalized spacial score (nSPS) is 29.8. The Morgan fingerprint density at radius 2 is 2.12 bits per heavy atom. The molecule has 3 atom stereocenters. The highest BCUT2D eigenvalue weighted by molar-refractivity contribution is 4.97. The van der Waals surface area contributed by atoms with E-state index in [1.165, 1.54) is 19.4 Å². The highest BCUT2D eigenvalue weighted by Gasteiger charge is 2.31. The summed E-state index contributed by atoms with van der Waals surface area (Å²) in [4.78, 5) is 2.60. The van der Waals surface area contributed by atoms with Crippen LogP contribution in [0.4, 0.5) is 0 Å². The lowest BCUT2D eigenvalue weighted by Crippen LogP contribution is -2.53. The molecule has 0 aromatic carbocycles. The molecule has 1 N–H and O–H groups in total. The van der Waals surface area contributed by atoms with Crippen molar-refractivity contribution in [1.82, 2.24) is 10.2 Å². The Labute approximate surface area is 107 Å². The van der Waals surface area contributed by atoms with Gasteiger partial charge >= 0.3 is 0 Å². The summed E-state index contributed by atoms with van der Waals surface area (Å²) < 4.78 is 0. The van der Waals surface area contributed by atoms with Gasteiger partial charge in [0.25, 0.3) is 0 Å². The van der Waals surface area contributed by atoms with E-state index in [9.17, 15) is 0 Å². The van der Waals surface area contributed by atoms with E-state index in [0.717, 1.165) is 25.4 Å². The number of rotatable bonds is 5. The average molecular weight is 236 g/mol. The van der Waals surface area contributed by atoms with Crippen LogP contribution in [-0.2, 0) is 0 Å². The fourth-order valence-corrected chi connectivity index (χ4v) is 2.70. The van der Waals surface area contributed by atoms with Crippen LogP contribution in [-0.4, -0.2) is 36.6 Å². The van der Waals surface area contributed by atoms with Crippen LogP contribution in [0, 0.1) is 17.8 Å². The Kier molecular flexibility index (Phi) is 6.62. The third-order valence-corrected chi connectivity index (χ3v) is 4.06. The summed E-state index contributed by atoms with van der Waals surface area (Å²) in [5, 5.41) is 3.68. The fraction of sp³-hybridized carbons (Fsp3) is 0.867. The van der Waals surface area contributed by atoms with E-state index >= 15 is 0 Å². The topological polar surface area (TPSA) is 15.3 Å². The van der Waals surface area contributed by atoms with Crippen molar-refractivity contribution in [1.29, 1.82) is 0 Å². The van der Waals surface area contributed by atoms with Gasteiger partial charge in [-0.15, -0.1) is 11.8 Å². The summed E-state index contributed by atoms with van der Waals surface area (Å²) in [7, 11) is 0. The molecule has 0 radical (unpaired) electrons. The summed E-state index contributed by atoms with van der Waals surface area (Å²) >= 11 is 0. The van der Waals surface area contributed by atoms with Gasteiger partial charge in [0.15, 0.2) is 0 Å². The van der Waals surface area contributed by atoms with Crippen molar-refractivity contribution in [2.45, 2.75) is 59.0 Å². The molecule has 0 spiro atoms. The van der Waals surface area contributed by atoms with E-state index in [4.69, 9.17) is 0 Å². The molecule has 1 heterocycles. The third-order valence-electron chi connectivity index (χ3n) is 4.06. The van der Waals surface area contributed by atoms with Crippen molar-refractivity contribution >= 4 is 0 Å². The molecular formula is C15H28N2. The molecule has 0 bridgehead atoms. The quantitative estimate of drug-likeness (QED) is 0.738. The van der Waals surface area contributed by atoms with Crippen LogP contribution in [0.25, 0.3) is 0 Å². The average Bonchev–Trinajstić information content (AvgIpc) is 2.34. The maximum absolute atomic E-state index is 3.68. The van der Waals surface area contributed by atoms with Gasteiger partial charge in [0, 0.05) is 25.0 Å². The number of nitrogens with one attached hydrogen (secondary N) is 1. The molecule has 1 fully saturated rings. The summed E-state index contributed by atoms with van der Waals surface area (Å²) in [6.45, 7) is 12.4. The molecule has 2 heteroatoms. The first-order valence-electron chi connectivity index (χ1n) is 7.07. The maximum atomic E-state index is 3.68. The Morgan fingerprint density at radius 1 is 1.35 bits per heavy atom. The van der Waals surface area contributed by atoms with Crippen molar-refractivity contribution in [3.8, 4) is 11.8 Å². The second kappa shape index (κ2) is 7.74. The smallest absolute Gasteiger partial charge is 0.0217 e. The minimum atomic E-state index is 0.678. The zero-order chi connectivity index (χ0) is 12.7. The van der Waals surface area contributed by atoms with Gasteiger partial charge in [-0.05, 0) is 45.7 Å². The SMILES string of the molecule is CC#CCCN1CCC(NCCC)C(C)C1C. The lowest BCUT2D eigenvalue weighted by Gasteiger charge is -2.43. The second-order valence-corrected chi connectivity index (χ2v) is 5.16. The molecule has 0 aromatic rings. The molecule has 0 saturated carbocycles. The van der Waals surface area contributed by atoms with Gasteiger partial charge in [-0.1, -0.05) is 13.8 Å². The van der Waals surface area contributed by atoms with Gasteiger partial charge in [-0.2, -0.15) is 0 Å². The summed E-state index contributed by atoms with van der Waals surface area (Å²) in [6, 6.07) is 1.38. The largest absolute Gasteiger partial charge is 0.314 e. The first kappa shape index (κ1) is 14.5. The van der Waals surface area contributed by atoms with Crippen LogP contribution in [0.3, 0.4) is 0 Å². The minimum Gasteiger partial charge on any atom is -0.314 e. The molecule has 0 aromatic heterocycles. The zero-order valence-electron chi connectivity index (χ0n) is 11.9. The number of likely N-dealkylation sites (tertiary alicyclic amines) is 1. The van der Waals surface area contributed by atoms with Gasteiger partial charge in [0.1, 0.15) is 0 Å². The van der Waals surface area contributed by atoms with Gasteiger partial charge in [-0.3, -0.25) is 4.90 Å². The first-order chi connectivity index (χ1) is 8.20. The van der Waals surface area contributed by atoms with Crippen LogP contribution in [0.5, 0.6) is 0 Å².